The van der Waals surface area contributed by atoms with E-state index in [1.807, 2.05) is 42.3 Å². The zero-order valence-corrected chi connectivity index (χ0v) is 14.4. The number of amides is 1. The lowest BCUT2D eigenvalue weighted by atomic mass is 10.2. The van der Waals surface area contributed by atoms with E-state index in [4.69, 9.17) is 11.6 Å². The van der Waals surface area contributed by atoms with Crippen LogP contribution in [0.15, 0.2) is 67.0 Å². The number of anilines is 2. The van der Waals surface area contributed by atoms with E-state index < -0.39 is 0 Å². The summed E-state index contributed by atoms with van der Waals surface area (Å²) in [6.07, 6.45) is 1.39. The molecule has 1 amide bonds. The topological polar surface area (TPSA) is 58.1 Å². The van der Waals surface area contributed by atoms with Gasteiger partial charge < -0.3 is 10.2 Å². The van der Waals surface area contributed by atoms with Crippen LogP contribution in [0.4, 0.5) is 11.5 Å². The van der Waals surface area contributed by atoms with Crippen molar-refractivity contribution in [2.24, 2.45) is 0 Å². The highest BCUT2D eigenvalue weighted by atomic mass is 35.5. The molecule has 2 aromatic carbocycles. The minimum absolute atomic E-state index is 0.296. The average Bonchev–Trinajstić information content (AvgIpc) is 2.62. The Balaban J connectivity index is 1.73. The zero-order chi connectivity index (χ0) is 17.6. The molecule has 0 spiro atoms. The Morgan fingerprint density at radius 2 is 1.88 bits per heavy atom. The first-order chi connectivity index (χ1) is 12.1. The lowest BCUT2D eigenvalue weighted by Crippen LogP contribution is -2.20. The van der Waals surface area contributed by atoms with Gasteiger partial charge in [0.15, 0.2) is 0 Å². The third kappa shape index (κ3) is 4.55. The molecule has 3 aromatic rings. The van der Waals surface area contributed by atoms with Gasteiger partial charge in [-0.15, -0.1) is 0 Å². The molecule has 25 heavy (non-hydrogen) atoms. The quantitative estimate of drug-likeness (QED) is 0.753. The highest BCUT2D eigenvalue weighted by molar-refractivity contribution is 6.30. The van der Waals surface area contributed by atoms with E-state index in [1.54, 1.807) is 30.3 Å². The Morgan fingerprint density at radius 3 is 2.64 bits per heavy atom. The van der Waals surface area contributed by atoms with E-state index in [0.29, 0.717) is 28.8 Å². The minimum atomic E-state index is -0.306. The molecule has 0 unspecified atom stereocenters. The summed E-state index contributed by atoms with van der Waals surface area (Å²) in [4.78, 5) is 22.7. The summed E-state index contributed by atoms with van der Waals surface area (Å²) in [7, 11) is 1.92. The van der Waals surface area contributed by atoms with Gasteiger partial charge in [-0.1, -0.05) is 48.0 Å². The molecule has 3 rings (SSSR count). The molecule has 0 atom stereocenters. The van der Waals surface area contributed by atoms with Gasteiger partial charge >= 0.3 is 0 Å². The van der Waals surface area contributed by atoms with Gasteiger partial charge in [0.2, 0.25) is 0 Å². The van der Waals surface area contributed by atoms with Crippen molar-refractivity contribution in [2.75, 3.05) is 17.3 Å². The average molecular weight is 353 g/mol. The molecule has 6 heteroatoms. The first-order valence-electron chi connectivity index (χ1n) is 7.76. The normalized spacial score (nSPS) is 10.3. The Morgan fingerprint density at radius 1 is 1.08 bits per heavy atom. The number of aromatic nitrogens is 2. The second-order valence-corrected chi connectivity index (χ2v) is 6.00. The first kappa shape index (κ1) is 16.9. The van der Waals surface area contributed by atoms with Gasteiger partial charge in [0, 0.05) is 30.4 Å². The number of hydrogen-bond donors (Lipinski definition) is 1. The smallest absolute Gasteiger partial charge is 0.274 e. The number of nitrogens with zero attached hydrogens (tertiary/aromatic N) is 3. The third-order valence-electron chi connectivity index (χ3n) is 3.62. The fourth-order valence-electron chi connectivity index (χ4n) is 2.38. The molecule has 1 aromatic heterocycles. The molecule has 0 saturated heterocycles. The van der Waals surface area contributed by atoms with Crippen LogP contribution in [0.2, 0.25) is 5.02 Å². The molecule has 0 radical (unpaired) electrons. The van der Waals surface area contributed by atoms with E-state index in [9.17, 15) is 4.79 Å². The van der Waals surface area contributed by atoms with Gasteiger partial charge in [0.05, 0.1) is 0 Å². The van der Waals surface area contributed by atoms with Crippen molar-refractivity contribution >= 4 is 29.0 Å². The van der Waals surface area contributed by atoms with Crippen molar-refractivity contribution in [2.45, 2.75) is 6.54 Å². The number of rotatable bonds is 5. The zero-order valence-electron chi connectivity index (χ0n) is 13.7. The highest BCUT2D eigenvalue weighted by Crippen LogP contribution is 2.17. The molecule has 126 valence electrons. The van der Waals surface area contributed by atoms with E-state index in [-0.39, 0.29) is 5.91 Å². The molecule has 0 aliphatic carbocycles. The number of benzene rings is 2. The lowest BCUT2D eigenvalue weighted by molar-refractivity contribution is 0.102. The largest absolute Gasteiger partial charge is 0.355 e. The fourth-order valence-corrected chi connectivity index (χ4v) is 2.57. The first-order valence-corrected chi connectivity index (χ1v) is 8.13. The van der Waals surface area contributed by atoms with Gasteiger partial charge in [-0.05, 0) is 23.8 Å². The summed E-state index contributed by atoms with van der Waals surface area (Å²) in [6.45, 7) is 0.688. The third-order valence-corrected chi connectivity index (χ3v) is 3.86. The summed E-state index contributed by atoms with van der Waals surface area (Å²) in [5, 5.41) is 3.34. The van der Waals surface area contributed by atoms with Crippen molar-refractivity contribution in [3.8, 4) is 0 Å². The maximum Gasteiger partial charge on any atom is 0.274 e. The van der Waals surface area contributed by atoms with Crippen molar-refractivity contribution in [3.63, 3.8) is 0 Å². The van der Waals surface area contributed by atoms with Gasteiger partial charge in [-0.25, -0.2) is 9.97 Å². The molecule has 0 aliphatic rings. The molecule has 1 N–H and O–H groups in total. The van der Waals surface area contributed by atoms with E-state index in [2.05, 4.69) is 15.3 Å². The Bertz CT molecular complexity index is 870. The molecule has 1 heterocycles. The number of hydrogen-bond acceptors (Lipinski definition) is 4. The van der Waals surface area contributed by atoms with Gasteiger partial charge in [0.25, 0.3) is 5.91 Å². The Hall–Kier alpha value is -2.92. The molecule has 0 bridgehead atoms. The Kier molecular flexibility index (Phi) is 5.26. The van der Waals surface area contributed by atoms with Gasteiger partial charge in [-0.3, -0.25) is 4.79 Å². The van der Waals surface area contributed by atoms with Crippen molar-refractivity contribution in [1.29, 1.82) is 0 Å². The second kappa shape index (κ2) is 7.77. The van der Waals surface area contributed by atoms with Crippen LogP contribution in [0, 0.1) is 0 Å². The highest BCUT2D eigenvalue weighted by Gasteiger charge is 2.11. The maximum absolute atomic E-state index is 12.4. The Labute approximate surface area is 151 Å². The van der Waals surface area contributed by atoms with Gasteiger partial charge in [-0.2, -0.15) is 0 Å². The molecule has 5 nitrogen and oxygen atoms in total. The molecular formula is C19H17ClN4O. The fraction of sp³-hybridized carbons (Fsp3) is 0.105. The predicted octanol–water partition coefficient (Wildman–Crippen LogP) is 4.02. The maximum atomic E-state index is 12.4. The lowest BCUT2D eigenvalue weighted by Gasteiger charge is -2.18. The van der Waals surface area contributed by atoms with Crippen LogP contribution >= 0.6 is 11.6 Å². The van der Waals surface area contributed by atoms with E-state index in [1.165, 1.54) is 6.33 Å². The summed E-state index contributed by atoms with van der Waals surface area (Å²) >= 11 is 5.93. The van der Waals surface area contributed by atoms with Gasteiger partial charge in [0.1, 0.15) is 17.8 Å². The standard InChI is InChI=1S/C19H17ClN4O/c1-24(12-14-6-3-2-4-7-14)18-11-17(21-13-22-18)19(25)23-16-9-5-8-15(20)10-16/h2-11,13H,12H2,1H3,(H,23,25). The predicted molar refractivity (Wildman–Crippen MR) is 100.0 cm³/mol. The number of carbonyl (C=O) groups excluding carboxylic acids is 1. The van der Waals surface area contributed by atoms with Crippen LogP contribution < -0.4 is 10.2 Å². The molecular weight excluding hydrogens is 336 g/mol. The molecule has 0 saturated carbocycles. The monoisotopic (exact) mass is 352 g/mol. The van der Waals surface area contributed by atoms with Crippen LogP contribution in [0.3, 0.4) is 0 Å². The van der Waals surface area contributed by atoms with Crippen LogP contribution in [0.1, 0.15) is 16.1 Å². The van der Waals surface area contributed by atoms with Crippen LogP contribution in [0.5, 0.6) is 0 Å². The second-order valence-electron chi connectivity index (χ2n) is 5.57. The number of carbonyl (C=O) groups is 1. The molecule has 0 aliphatic heterocycles. The number of halogens is 1. The summed E-state index contributed by atoms with van der Waals surface area (Å²) in [6, 6.07) is 18.7. The summed E-state index contributed by atoms with van der Waals surface area (Å²) < 4.78 is 0. The van der Waals surface area contributed by atoms with Crippen molar-refractivity contribution in [1.82, 2.24) is 9.97 Å². The SMILES string of the molecule is CN(Cc1ccccc1)c1cc(C(=O)Nc2cccc(Cl)c2)ncn1. The number of nitrogens with one attached hydrogen (secondary N) is 1. The van der Waals surface area contributed by atoms with Crippen LogP contribution in [-0.4, -0.2) is 22.9 Å². The van der Waals surface area contributed by atoms with Crippen molar-refractivity contribution < 1.29 is 4.79 Å². The van der Waals surface area contributed by atoms with Crippen LogP contribution in [-0.2, 0) is 6.54 Å². The van der Waals surface area contributed by atoms with E-state index >= 15 is 0 Å². The minimum Gasteiger partial charge on any atom is -0.355 e. The summed E-state index contributed by atoms with van der Waals surface area (Å²) in [5.74, 6) is 0.370. The molecule has 0 fully saturated rings. The summed E-state index contributed by atoms with van der Waals surface area (Å²) in [5.41, 5.74) is 2.08. The van der Waals surface area contributed by atoms with E-state index in [0.717, 1.165) is 5.56 Å². The van der Waals surface area contributed by atoms with Crippen molar-refractivity contribution in [3.05, 3.63) is 83.3 Å². The van der Waals surface area contributed by atoms with Crippen LogP contribution in [0.25, 0.3) is 0 Å².